The van der Waals surface area contributed by atoms with Crippen LogP contribution in [-0.2, 0) is 25.7 Å². The van der Waals surface area contributed by atoms with Crippen LogP contribution in [0.15, 0.2) is 42.6 Å². The summed E-state index contributed by atoms with van der Waals surface area (Å²) in [7, 11) is 1.32. The van der Waals surface area contributed by atoms with Crippen LogP contribution >= 0.6 is 0 Å². The SMILES string of the molecule is COc1cc(C2=C(c3cn(CCCOC(=O)C(N)CC(C)C)c4ccccc34)C(=O)NC2=O)cc(O)c1O. The van der Waals surface area contributed by atoms with Crippen LogP contribution in [0.2, 0.25) is 0 Å². The highest BCUT2D eigenvalue weighted by Gasteiger charge is 2.34. The maximum Gasteiger partial charge on any atom is 0.322 e. The molecule has 1 aliphatic heterocycles. The second kappa shape index (κ2) is 11.0. The number of benzene rings is 2. The van der Waals surface area contributed by atoms with Crippen molar-refractivity contribution >= 4 is 39.8 Å². The molecule has 1 atom stereocenters. The number of imide groups is 1. The molecule has 0 bridgehead atoms. The lowest BCUT2D eigenvalue weighted by Crippen LogP contribution is -2.33. The van der Waals surface area contributed by atoms with Gasteiger partial charge in [-0.05, 0) is 42.5 Å². The molecule has 10 heteroatoms. The molecule has 0 radical (unpaired) electrons. The molecule has 1 aromatic heterocycles. The molecule has 10 nitrogen and oxygen atoms in total. The molecule has 1 unspecified atom stereocenters. The summed E-state index contributed by atoms with van der Waals surface area (Å²) < 4.78 is 12.4. The molecule has 0 saturated heterocycles. The number of nitrogens with two attached hydrogens (primary N) is 1. The highest BCUT2D eigenvalue weighted by molar-refractivity contribution is 6.50. The standard InChI is InChI=1S/C28H31N3O7/c1-15(2)11-19(29)28(36)38-10-6-9-31-14-18(17-7-4-5-8-20(17)31)24-23(26(34)30-27(24)35)16-12-21(32)25(33)22(13-16)37-3/h4-5,7-8,12-15,19,32-33H,6,9-11,29H2,1-3H3,(H,30,34,35). The first-order valence-electron chi connectivity index (χ1n) is 12.3. The Balaban J connectivity index is 1.67. The van der Waals surface area contributed by atoms with E-state index in [-0.39, 0.29) is 35.0 Å². The van der Waals surface area contributed by atoms with E-state index in [2.05, 4.69) is 5.32 Å². The minimum Gasteiger partial charge on any atom is -0.504 e. The summed E-state index contributed by atoms with van der Waals surface area (Å²) in [5, 5.41) is 23.3. The van der Waals surface area contributed by atoms with Crippen molar-refractivity contribution < 1.29 is 34.1 Å². The van der Waals surface area contributed by atoms with Gasteiger partial charge in [-0.15, -0.1) is 0 Å². The Morgan fingerprint density at radius 1 is 1.11 bits per heavy atom. The summed E-state index contributed by atoms with van der Waals surface area (Å²) in [4.78, 5) is 38.0. The Morgan fingerprint density at radius 2 is 1.82 bits per heavy atom. The van der Waals surface area contributed by atoms with Crippen LogP contribution in [0.5, 0.6) is 17.2 Å². The number of phenolic OH excluding ortho intramolecular Hbond substituents is 2. The van der Waals surface area contributed by atoms with E-state index in [1.807, 2.05) is 42.7 Å². The Labute approximate surface area is 219 Å². The molecular weight excluding hydrogens is 490 g/mol. The molecular formula is C28H31N3O7. The van der Waals surface area contributed by atoms with E-state index in [1.165, 1.54) is 19.2 Å². The van der Waals surface area contributed by atoms with E-state index < -0.39 is 35.3 Å². The molecule has 2 aromatic carbocycles. The number of carbonyl (C=O) groups excluding carboxylic acids is 3. The quantitative estimate of drug-likeness (QED) is 0.137. The van der Waals surface area contributed by atoms with E-state index in [4.69, 9.17) is 15.2 Å². The highest BCUT2D eigenvalue weighted by Crippen LogP contribution is 2.42. The second-order valence-corrected chi connectivity index (χ2v) is 9.59. The normalized spacial score (nSPS) is 14.3. The number of ether oxygens (including phenoxy) is 2. The van der Waals surface area contributed by atoms with Gasteiger partial charge < -0.3 is 30.0 Å². The van der Waals surface area contributed by atoms with Crippen molar-refractivity contribution in [2.45, 2.75) is 39.3 Å². The van der Waals surface area contributed by atoms with Gasteiger partial charge in [-0.3, -0.25) is 19.7 Å². The van der Waals surface area contributed by atoms with Crippen LogP contribution in [0.1, 0.15) is 37.8 Å². The number of hydrogen-bond acceptors (Lipinski definition) is 8. The van der Waals surface area contributed by atoms with Gasteiger partial charge in [-0.2, -0.15) is 0 Å². The van der Waals surface area contributed by atoms with E-state index >= 15 is 0 Å². The monoisotopic (exact) mass is 521 g/mol. The third-order valence-corrected chi connectivity index (χ3v) is 6.37. The Bertz CT molecular complexity index is 1440. The second-order valence-electron chi connectivity index (χ2n) is 9.59. The van der Waals surface area contributed by atoms with Gasteiger partial charge >= 0.3 is 5.97 Å². The van der Waals surface area contributed by atoms with Gasteiger partial charge in [0.15, 0.2) is 11.5 Å². The number of nitrogens with one attached hydrogen (secondary N) is 1. The molecule has 0 saturated carbocycles. The molecule has 0 spiro atoms. The third-order valence-electron chi connectivity index (χ3n) is 6.37. The number of para-hydroxylation sites is 1. The van der Waals surface area contributed by atoms with Gasteiger partial charge in [-0.25, -0.2) is 0 Å². The molecule has 4 rings (SSSR count). The van der Waals surface area contributed by atoms with Gasteiger partial charge in [-0.1, -0.05) is 32.0 Å². The fourth-order valence-corrected chi connectivity index (χ4v) is 4.63. The number of fused-ring (bicyclic) bond motifs is 1. The largest absolute Gasteiger partial charge is 0.504 e. The van der Waals surface area contributed by atoms with E-state index in [1.54, 1.807) is 6.20 Å². The molecule has 2 heterocycles. The van der Waals surface area contributed by atoms with Crippen LogP contribution in [0.25, 0.3) is 22.0 Å². The molecule has 0 fully saturated rings. The topological polar surface area (TPSA) is 153 Å². The van der Waals surface area contributed by atoms with Crippen molar-refractivity contribution in [3.8, 4) is 17.2 Å². The zero-order valence-corrected chi connectivity index (χ0v) is 21.5. The third kappa shape index (κ3) is 5.21. The lowest BCUT2D eigenvalue weighted by Gasteiger charge is -2.13. The van der Waals surface area contributed by atoms with Crippen molar-refractivity contribution in [3.63, 3.8) is 0 Å². The van der Waals surface area contributed by atoms with Crippen LogP contribution in [0.4, 0.5) is 0 Å². The summed E-state index contributed by atoms with van der Waals surface area (Å²) in [6.07, 6.45) is 2.84. The van der Waals surface area contributed by atoms with Gasteiger partial charge in [0.1, 0.15) is 6.04 Å². The number of aryl methyl sites for hydroxylation is 1. The summed E-state index contributed by atoms with van der Waals surface area (Å²) >= 11 is 0. The zero-order valence-electron chi connectivity index (χ0n) is 21.5. The maximum atomic E-state index is 13.0. The summed E-state index contributed by atoms with van der Waals surface area (Å²) in [5.41, 5.74) is 7.67. The summed E-state index contributed by atoms with van der Waals surface area (Å²) in [6.45, 7) is 4.65. The van der Waals surface area contributed by atoms with Crippen molar-refractivity contribution in [3.05, 3.63) is 53.7 Å². The molecule has 38 heavy (non-hydrogen) atoms. The van der Waals surface area contributed by atoms with Gasteiger partial charge in [0.2, 0.25) is 5.75 Å². The maximum absolute atomic E-state index is 13.0. The number of methoxy groups -OCH3 is 1. The van der Waals surface area contributed by atoms with Gasteiger partial charge in [0, 0.05) is 29.2 Å². The first kappa shape index (κ1) is 26.7. The number of hydrogen-bond donors (Lipinski definition) is 4. The number of amides is 2. The van der Waals surface area contributed by atoms with Gasteiger partial charge in [0.05, 0.1) is 24.9 Å². The van der Waals surface area contributed by atoms with Crippen LogP contribution < -0.4 is 15.8 Å². The number of carbonyl (C=O) groups is 3. The van der Waals surface area contributed by atoms with E-state index in [0.29, 0.717) is 24.9 Å². The molecule has 3 aromatic rings. The number of phenols is 2. The Kier molecular flexibility index (Phi) is 7.72. The van der Waals surface area contributed by atoms with E-state index in [0.717, 1.165) is 10.9 Å². The number of esters is 1. The Morgan fingerprint density at radius 3 is 2.53 bits per heavy atom. The predicted molar refractivity (Wildman–Crippen MR) is 141 cm³/mol. The van der Waals surface area contributed by atoms with Crippen LogP contribution in [0, 0.1) is 5.92 Å². The average Bonchev–Trinajstić information content (AvgIpc) is 3.38. The molecule has 1 aliphatic rings. The number of aromatic nitrogens is 1. The molecule has 0 aliphatic carbocycles. The van der Waals surface area contributed by atoms with Crippen molar-refractivity contribution in [2.75, 3.05) is 13.7 Å². The molecule has 200 valence electrons. The fraction of sp³-hybridized carbons (Fsp3) is 0.321. The average molecular weight is 522 g/mol. The van der Waals surface area contributed by atoms with E-state index in [9.17, 15) is 24.6 Å². The molecule has 2 amide bonds. The van der Waals surface area contributed by atoms with Crippen molar-refractivity contribution in [2.24, 2.45) is 11.7 Å². The lowest BCUT2D eigenvalue weighted by molar-refractivity contribution is -0.145. The first-order chi connectivity index (χ1) is 18.1. The summed E-state index contributed by atoms with van der Waals surface area (Å²) in [6, 6.07) is 9.39. The first-order valence-corrected chi connectivity index (χ1v) is 12.3. The summed E-state index contributed by atoms with van der Waals surface area (Å²) in [5.74, 6) is -2.34. The zero-order chi connectivity index (χ0) is 27.6. The number of nitrogens with zero attached hydrogens (tertiary/aromatic N) is 1. The highest BCUT2D eigenvalue weighted by atomic mass is 16.5. The fourth-order valence-electron chi connectivity index (χ4n) is 4.63. The minimum absolute atomic E-state index is 0.0379. The minimum atomic E-state index is -0.657. The van der Waals surface area contributed by atoms with Crippen molar-refractivity contribution in [1.29, 1.82) is 0 Å². The lowest BCUT2D eigenvalue weighted by atomic mass is 9.95. The van der Waals surface area contributed by atoms with Crippen LogP contribution in [0.3, 0.4) is 0 Å². The van der Waals surface area contributed by atoms with Crippen LogP contribution in [-0.4, -0.2) is 52.3 Å². The van der Waals surface area contributed by atoms with Gasteiger partial charge in [0.25, 0.3) is 11.8 Å². The van der Waals surface area contributed by atoms with Crippen molar-refractivity contribution in [1.82, 2.24) is 9.88 Å². The molecule has 5 N–H and O–H groups in total. The number of aromatic hydroxyl groups is 2. The number of rotatable bonds is 10. The Hall–Kier alpha value is -4.31. The smallest absolute Gasteiger partial charge is 0.322 e. The predicted octanol–water partition coefficient (Wildman–Crippen LogP) is 2.94.